The SMILES string of the molecule is CO/N=C(\C(=O)NC1C(=O)N2C(C(=O)O)=C(/C=C/c3cc(Cl)no3)CSC12)c1csc(N)n1. The molecule has 1 fully saturated rings. The molecule has 4 rings (SSSR count). The second-order valence-corrected chi connectivity index (χ2v) is 9.00. The number of fused-ring (bicyclic) bond motifs is 1. The van der Waals surface area contributed by atoms with Crippen molar-refractivity contribution in [3.63, 3.8) is 0 Å². The van der Waals surface area contributed by atoms with Crippen LogP contribution in [-0.2, 0) is 19.2 Å². The minimum absolute atomic E-state index is 0.152. The Bertz CT molecular complexity index is 1220. The fourth-order valence-electron chi connectivity index (χ4n) is 3.20. The van der Waals surface area contributed by atoms with Crippen LogP contribution in [0.5, 0.6) is 0 Å². The van der Waals surface area contributed by atoms with Gasteiger partial charge in [0.15, 0.2) is 21.8 Å². The highest BCUT2D eigenvalue weighted by Gasteiger charge is 2.54. The number of halogens is 1. The largest absolute Gasteiger partial charge is 0.477 e. The lowest BCUT2D eigenvalue weighted by molar-refractivity contribution is -0.150. The zero-order valence-electron chi connectivity index (χ0n) is 16.7. The van der Waals surface area contributed by atoms with Gasteiger partial charge >= 0.3 is 5.97 Å². The van der Waals surface area contributed by atoms with Gasteiger partial charge in [-0.25, -0.2) is 9.78 Å². The molecule has 4 heterocycles. The molecular formula is C18H15ClN6O6S2. The standard InChI is InChI=1S/C18H15ClN6O6S2/c1-30-24-11(9-6-33-18(20)21-9)14(26)22-12-15(27)25-13(17(28)29)7(5-32-16(12)25)2-3-8-4-10(19)23-31-8/h2-4,6,12,16H,5H2,1H3,(H2,20,21)(H,22,26)(H,28,29)/b3-2+,24-11-. The third kappa shape index (κ3) is 4.44. The van der Waals surface area contributed by atoms with Crippen molar-refractivity contribution < 1.29 is 28.9 Å². The molecule has 2 aromatic heterocycles. The molecule has 2 unspecified atom stereocenters. The summed E-state index contributed by atoms with van der Waals surface area (Å²) in [5.74, 6) is -1.93. The lowest BCUT2D eigenvalue weighted by Gasteiger charge is -2.49. The molecule has 2 aromatic rings. The molecule has 2 aliphatic heterocycles. The Balaban J connectivity index is 1.53. The van der Waals surface area contributed by atoms with Gasteiger partial charge in [-0.05, 0) is 11.6 Å². The van der Waals surface area contributed by atoms with Crippen molar-refractivity contribution in [1.29, 1.82) is 0 Å². The number of thioether (sulfide) groups is 1. The van der Waals surface area contributed by atoms with Crippen LogP contribution in [0.1, 0.15) is 11.5 Å². The Hall–Kier alpha value is -3.36. The lowest BCUT2D eigenvalue weighted by atomic mass is 10.0. The normalized spacial score (nSPS) is 20.6. The molecule has 2 amide bonds. The number of hydrogen-bond acceptors (Lipinski definition) is 11. The Morgan fingerprint density at radius 1 is 1.48 bits per heavy atom. The summed E-state index contributed by atoms with van der Waals surface area (Å²) in [6, 6.07) is 0.515. The minimum atomic E-state index is -1.27. The lowest BCUT2D eigenvalue weighted by Crippen LogP contribution is -2.71. The Labute approximate surface area is 199 Å². The first kappa shape index (κ1) is 22.8. The Morgan fingerprint density at radius 2 is 2.27 bits per heavy atom. The number of nitrogen functional groups attached to an aromatic ring is 1. The smallest absolute Gasteiger partial charge is 0.352 e. The second-order valence-electron chi connectivity index (χ2n) is 6.62. The number of oxime groups is 1. The zero-order valence-corrected chi connectivity index (χ0v) is 19.1. The Morgan fingerprint density at radius 3 is 2.88 bits per heavy atom. The molecule has 172 valence electrons. The fraction of sp³-hybridized carbons (Fsp3) is 0.222. The Kier molecular flexibility index (Phi) is 6.40. The zero-order chi connectivity index (χ0) is 23.7. The van der Waals surface area contributed by atoms with E-state index in [-0.39, 0.29) is 33.1 Å². The van der Waals surface area contributed by atoms with Gasteiger partial charge in [0, 0.05) is 17.2 Å². The number of carboxylic acids is 1. The van der Waals surface area contributed by atoms with Crippen molar-refractivity contribution in [3.05, 3.63) is 45.4 Å². The van der Waals surface area contributed by atoms with E-state index in [1.165, 1.54) is 42.5 Å². The molecule has 2 atom stereocenters. The van der Waals surface area contributed by atoms with Gasteiger partial charge in [-0.3, -0.25) is 14.5 Å². The summed E-state index contributed by atoms with van der Waals surface area (Å²) in [4.78, 5) is 47.4. The van der Waals surface area contributed by atoms with Crippen LogP contribution >= 0.6 is 34.7 Å². The molecule has 12 nitrogen and oxygen atoms in total. The van der Waals surface area contributed by atoms with E-state index in [1.807, 2.05) is 0 Å². The molecule has 2 aliphatic rings. The molecule has 0 spiro atoms. The molecule has 4 N–H and O–H groups in total. The molecule has 1 saturated heterocycles. The van der Waals surface area contributed by atoms with Crippen LogP contribution in [0, 0.1) is 0 Å². The predicted octanol–water partition coefficient (Wildman–Crippen LogP) is 1.17. The van der Waals surface area contributed by atoms with Gasteiger partial charge in [0.2, 0.25) is 0 Å². The fourth-order valence-corrected chi connectivity index (χ4v) is 5.21. The van der Waals surface area contributed by atoms with E-state index < -0.39 is 29.2 Å². The van der Waals surface area contributed by atoms with Gasteiger partial charge in [-0.1, -0.05) is 28.0 Å². The number of anilines is 1. The number of nitrogens with zero attached hydrogens (tertiary/aromatic N) is 4. The maximum Gasteiger partial charge on any atom is 0.352 e. The van der Waals surface area contributed by atoms with E-state index in [4.69, 9.17) is 26.7 Å². The molecular weight excluding hydrogens is 496 g/mol. The summed E-state index contributed by atoms with van der Waals surface area (Å²) >= 11 is 8.13. The van der Waals surface area contributed by atoms with Crippen molar-refractivity contribution in [3.8, 4) is 0 Å². The summed E-state index contributed by atoms with van der Waals surface area (Å²) in [5, 5.41) is 20.9. The van der Waals surface area contributed by atoms with E-state index in [0.29, 0.717) is 11.3 Å². The third-order valence-electron chi connectivity index (χ3n) is 4.60. The first-order valence-electron chi connectivity index (χ1n) is 9.15. The van der Waals surface area contributed by atoms with E-state index in [1.54, 1.807) is 0 Å². The number of β-lactam (4-membered cyclic amide) rings is 1. The minimum Gasteiger partial charge on any atom is -0.477 e. The topological polar surface area (TPSA) is 173 Å². The number of hydrogen-bond donors (Lipinski definition) is 3. The monoisotopic (exact) mass is 510 g/mol. The van der Waals surface area contributed by atoms with Crippen LogP contribution in [-0.4, -0.2) is 67.9 Å². The van der Waals surface area contributed by atoms with Crippen LogP contribution in [0.25, 0.3) is 6.08 Å². The van der Waals surface area contributed by atoms with Gasteiger partial charge in [-0.15, -0.1) is 23.1 Å². The highest BCUT2D eigenvalue weighted by Crippen LogP contribution is 2.40. The molecule has 33 heavy (non-hydrogen) atoms. The predicted molar refractivity (Wildman–Crippen MR) is 120 cm³/mol. The number of amides is 2. The average Bonchev–Trinajstić information content (AvgIpc) is 3.40. The molecule has 0 aliphatic carbocycles. The summed E-state index contributed by atoms with van der Waals surface area (Å²) in [6.07, 6.45) is 3.04. The average molecular weight is 511 g/mol. The van der Waals surface area contributed by atoms with Crippen molar-refractivity contribution in [2.24, 2.45) is 5.16 Å². The highest BCUT2D eigenvalue weighted by molar-refractivity contribution is 8.00. The summed E-state index contributed by atoms with van der Waals surface area (Å²) in [7, 11) is 1.27. The first-order valence-corrected chi connectivity index (χ1v) is 11.5. The summed E-state index contributed by atoms with van der Waals surface area (Å²) < 4.78 is 4.97. The van der Waals surface area contributed by atoms with Crippen LogP contribution in [0.4, 0.5) is 5.13 Å². The van der Waals surface area contributed by atoms with E-state index in [0.717, 1.165) is 16.2 Å². The van der Waals surface area contributed by atoms with Crippen LogP contribution in [0.15, 0.2) is 38.5 Å². The number of rotatable bonds is 7. The number of allylic oxidation sites excluding steroid dienone is 1. The molecule has 0 aromatic carbocycles. The van der Waals surface area contributed by atoms with Gasteiger partial charge in [0.1, 0.15) is 29.9 Å². The van der Waals surface area contributed by atoms with Gasteiger partial charge in [0.25, 0.3) is 11.8 Å². The number of aromatic nitrogens is 2. The summed E-state index contributed by atoms with van der Waals surface area (Å²) in [6.45, 7) is 0. The number of nitrogens with one attached hydrogen (secondary N) is 1. The van der Waals surface area contributed by atoms with Crippen molar-refractivity contribution in [1.82, 2.24) is 20.4 Å². The molecule has 0 radical (unpaired) electrons. The van der Waals surface area contributed by atoms with Crippen LogP contribution in [0.3, 0.4) is 0 Å². The number of carboxylic acid groups (broad SMARTS) is 1. The summed E-state index contributed by atoms with van der Waals surface area (Å²) in [5.41, 5.74) is 5.88. The third-order valence-corrected chi connectivity index (χ3v) is 6.75. The van der Waals surface area contributed by atoms with Crippen molar-refractivity contribution >= 4 is 69.4 Å². The van der Waals surface area contributed by atoms with Crippen LogP contribution in [0.2, 0.25) is 5.15 Å². The van der Waals surface area contributed by atoms with Crippen molar-refractivity contribution in [2.45, 2.75) is 11.4 Å². The molecule has 0 saturated carbocycles. The number of carbonyl (C=O) groups is 3. The quantitative estimate of drug-likeness (QED) is 0.278. The van der Waals surface area contributed by atoms with E-state index in [9.17, 15) is 19.5 Å². The van der Waals surface area contributed by atoms with E-state index >= 15 is 0 Å². The number of aliphatic carboxylic acids is 1. The van der Waals surface area contributed by atoms with Crippen molar-refractivity contribution in [2.75, 3.05) is 18.6 Å². The maximum atomic E-state index is 12.8. The number of thiazole rings is 1. The van der Waals surface area contributed by atoms with Crippen LogP contribution < -0.4 is 11.1 Å². The second kappa shape index (κ2) is 9.25. The van der Waals surface area contributed by atoms with Gasteiger partial charge < -0.3 is 25.5 Å². The number of carbonyl (C=O) groups excluding carboxylic acids is 2. The van der Waals surface area contributed by atoms with Gasteiger partial charge in [0.05, 0.1) is 0 Å². The number of nitrogens with two attached hydrogens (primary N) is 1. The molecule has 15 heteroatoms. The maximum absolute atomic E-state index is 12.8. The van der Waals surface area contributed by atoms with Gasteiger partial charge in [-0.2, -0.15) is 0 Å². The van der Waals surface area contributed by atoms with E-state index in [2.05, 4.69) is 20.6 Å². The molecule has 0 bridgehead atoms. The highest BCUT2D eigenvalue weighted by atomic mass is 35.5. The first-order chi connectivity index (χ1) is 15.8.